The van der Waals surface area contributed by atoms with Crippen molar-refractivity contribution in [3.05, 3.63) is 113 Å². The second-order valence-corrected chi connectivity index (χ2v) is 7.51. The van der Waals surface area contributed by atoms with E-state index in [0.29, 0.717) is 11.4 Å². The molecule has 0 saturated carbocycles. The van der Waals surface area contributed by atoms with Gasteiger partial charge in [0.1, 0.15) is 0 Å². The molecule has 0 atom stereocenters. The normalized spacial score (nSPS) is 11.5. The van der Waals surface area contributed by atoms with E-state index in [2.05, 4.69) is 0 Å². The van der Waals surface area contributed by atoms with Gasteiger partial charge < -0.3 is 0 Å². The van der Waals surface area contributed by atoms with Crippen LogP contribution in [0.2, 0.25) is 0 Å². The molecule has 0 unspecified atom stereocenters. The molecule has 3 aromatic carbocycles. The molecule has 0 aliphatic heterocycles. The highest BCUT2D eigenvalue weighted by molar-refractivity contribution is 5.98. The van der Waals surface area contributed by atoms with Crippen LogP contribution in [0.5, 0.6) is 0 Å². The summed E-state index contributed by atoms with van der Waals surface area (Å²) in [6, 6.07) is 16.8. The molecular weight excluding hydrogens is 380 g/mol. The summed E-state index contributed by atoms with van der Waals surface area (Å²) in [6.07, 6.45) is 0. The summed E-state index contributed by atoms with van der Waals surface area (Å²) in [5.74, 6) is 0. The maximum atomic E-state index is 13.0. The van der Waals surface area contributed by atoms with Crippen LogP contribution in [-0.4, -0.2) is 9.13 Å². The molecule has 0 bridgehead atoms. The summed E-state index contributed by atoms with van der Waals surface area (Å²) in [6.45, 7) is 3.82. The summed E-state index contributed by atoms with van der Waals surface area (Å²) in [7, 11) is 0. The van der Waals surface area contributed by atoms with E-state index in [1.54, 1.807) is 24.3 Å². The third kappa shape index (κ3) is 2.43. The lowest BCUT2D eigenvalue weighted by Crippen LogP contribution is -2.24. The first-order valence-electron chi connectivity index (χ1n) is 9.46. The van der Waals surface area contributed by atoms with E-state index in [4.69, 9.17) is 0 Å². The van der Waals surface area contributed by atoms with Crippen LogP contribution >= 0.6 is 0 Å². The number of aromatic nitrogens is 2. The number of hydrogen-bond donors (Lipinski definition) is 0. The fourth-order valence-corrected chi connectivity index (χ4v) is 3.83. The first-order valence-corrected chi connectivity index (χ1v) is 9.46. The molecule has 5 aromatic rings. The highest BCUT2D eigenvalue weighted by atomic mass is 16.2. The minimum atomic E-state index is -0.504. The molecule has 0 radical (unpaired) electrons. The van der Waals surface area contributed by atoms with Gasteiger partial charge in [-0.15, -0.1) is 0 Å². The van der Waals surface area contributed by atoms with Crippen LogP contribution in [0.15, 0.2) is 79.8 Å². The van der Waals surface area contributed by atoms with Gasteiger partial charge in [0.15, 0.2) is 0 Å². The topological polar surface area (TPSA) is 78.1 Å². The lowest BCUT2D eigenvalue weighted by molar-refractivity contribution is 0.987. The van der Waals surface area contributed by atoms with Crippen LogP contribution in [0, 0.1) is 13.8 Å². The van der Waals surface area contributed by atoms with Crippen LogP contribution in [0.3, 0.4) is 0 Å². The van der Waals surface area contributed by atoms with Gasteiger partial charge >= 0.3 is 0 Å². The summed E-state index contributed by atoms with van der Waals surface area (Å²) in [5.41, 5.74) is 0.887. The summed E-state index contributed by atoms with van der Waals surface area (Å²) >= 11 is 0. The van der Waals surface area contributed by atoms with Gasteiger partial charge in [-0.1, -0.05) is 35.4 Å². The van der Waals surface area contributed by atoms with Gasteiger partial charge in [-0.2, -0.15) is 0 Å². The van der Waals surface area contributed by atoms with Crippen molar-refractivity contribution in [1.29, 1.82) is 0 Å². The van der Waals surface area contributed by atoms with Crippen molar-refractivity contribution < 1.29 is 0 Å². The molecule has 0 fully saturated rings. The lowest BCUT2D eigenvalue weighted by atomic mass is 10.1. The Morgan fingerprint density at radius 2 is 0.733 bits per heavy atom. The molecule has 0 aliphatic carbocycles. The van der Waals surface area contributed by atoms with E-state index in [0.717, 1.165) is 20.3 Å². The van der Waals surface area contributed by atoms with E-state index in [1.807, 2.05) is 38.1 Å². The Balaban J connectivity index is 1.83. The fourth-order valence-electron chi connectivity index (χ4n) is 3.83. The van der Waals surface area contributed by atoms with Crippen LogP contribution in [0.1, 0.15) is 11.1 Å². The molecule has 0 N–H and O–H groups in total. The number of nitrogens with zero attached hydrogens (tertiary/aromatic N) is 2. The minimum Gasteiger partial charge on any atom is -0.268 e. The number of benzene rings is 3. The molecule has 2 heterocycles. The Kier molecular flexibility index (Phi) is 3.73. The van der Waals surface area contributed by atoms with Gasteiger partial charge in [0.2, 0.25) is 0 Å². The average Bonchev–Trinajstić information content (AvgIpc) is 3.13. The molecule has 30 heavy (non-hydrogen) atoms. The van der Waals surface area contributed by atoms with Gasteiger partial charge in [0, 0.05) is 0 Å². The van der Waals surface area contributed by atoms with Gasteiger partial charge in [-0.25, -0.2) is 9.13 Å². The molecule has 0 aliphatic rings. The molecule has 0 amide bonds. The van der Waals surface area contributed by atoms with Crippen molar-refractivity contribution in [2.45, 2.75) is 13.8 Å². The molecule has 6 heteroatoms. The zero-order valence-corrected chi connectivity index (χ0v) is 16.3. The van der Waals surface area contributed by atoms with E-state index in [9.17, 15) is 19.2 Å². The highest BCUT2D eigenvalue weighted by Gasteiger charge is 2.20. The second-order valence-electron chi connectivity index (χ2n) is 7.51. The smallest absolute Gasteiger partial charge is 0.266 e. The van der Waals surface area contributed by atoms with E-state index < -0.39 is 22.2 Å². The first kappa shape index (κ1) is 18.0. The van der Waals surface area contributed by atoms with Crippen LogP contribution in [-0.2, 0) is 0 Å². The Labute approximate surface area is 169 Å². The standard InChI is InChI=1S/C24H16N2O4/c1-13-3-7-15(8-4-13)25-21(27)17-11-19-20(12-18(17)22(25)28)24(30)26(23(19)29)16-9-5-14(2)6-10-16/h3-12H,1-2H3. The van der Waals surface area contributed by atoms with Crippen LogP contribution < -0.4 is 22.2 Å². The first-order chi connectivity index (χ1) is 14.4. The summed E-state index contributed by atoms with van der Waals surface area (Å²) in [4.78, 5) is 51.9. The van der Waals surface area contributed by atoms with Crippen molar-refractivity contribution in [2.24, 2.45) is 0 Å². The molecule has 0 saturated heterocycles. The van der Waals surface area contributed by atoms with Crippen LogP contribution in [0.25, 0.3) is 32.9 Å². The van der Waals surface area contributed by atoms with Crippen LogP contribution in [0.4, 0.5) is 0 Å². The van der Waals surface area contributed by atoms with Crippen molar-refractivity contribution >= 4 is 21.5 Å². The van der Waals surface area contributed by atoms with Crippen molar-refractivity contribution in [1.82, 2.24) is 9.13 Å². The lowest BCUT2D eigenvalue weighted by Gasteiger charge is -2.00. The van der Waals surface area contributed by atoms with Gasteiger partial charge in [-0.05, 0) is 50.2 Å². The quantitative estimate of drug-likeness (QED) is 0.459. The van der Waals surface area contributed by atoms with E-state index in [-0.39, 0.29) is 21.5 Å². The maximum absolute atomic E-state index is 13.0. The zero-order chi connectivity index (χ0) is 21.2. The Morgan fingerprint density at radius 1 is 0.467 bits per heavy atom. The van der Waals surface area contributed by atoms with E-state index >= 15 is 0 Å². The third-order valence-electron chi connectivity index (χ3n) is 5.48. The zero-order valence-electron chi connectivity index (χ0n) is 16.3. The fraction of sp³-hybridized carbons (Fsp3) is 0.0833. The van der Waals surface area contributed by atoms with Crippen molar-refractivity contribution in [3.63, 3.8) is 0 Å². The monoisotopic (exact) mass is 396 g/mol. The minimum absolute atomic E-state index is 0.131. The van der Waals surface area contributed by atoms with Gasteiger partial charge in [0.05, 0.1) is 32.9 Å². The Bertz CT molecular complexity index is 1460. The van der Waals surface area contributed by atoms with Crippen molar-refractivity contribution in [3.8, 4) is 11.4 Å². The number of hydrogen-bond acceptors (Lipinski definition) is 4. The highest BCUT2D eigenvalue weighted by Crippen LogP contribution is 2.17. The number of aryl methyl sites for hydroxylation is 2. The second kappa shape index (κ2) is 6.22. The summed E-state index contributed by atoms with van der Waals surface area (Å²) in [5, 5.41) is 0.523. The predicted octanol–water partition coefficient (Wildman–Crippen LogP) is 2.51. The Hall–Kier alpha value is -4.06. The molecule has 0 spiro atoms. The average molecular weight is 396 g/mol. The maximum Gasteiger partial charge on any atom is 0.266 e. The largest absolute Gasteiger partial charge is 0.268 e. The summed E-state index contributed by atoms with van der Waals surface area (Å²) < 4.78 is 2.15. The SMILES string of the molecule is Cc1ccc(-n2c(=O)c3cc4c(=O)n(-c5ccc(C)cc5)c(=O)c4cc3c2=O)cc1. The van der Waals surface area contributed by atoms with E-state index in [1.165, 1.54) is 12.1 Å². The number of rotatable bonds is 2. The van der Waals surface area contributed by atoms with Gasteiger partial charge in [-0.3, -0.25) is 19.2 Å². The molecule has 6 nitrogen and oxygen atoms in total. The molecule has 2 aromatic heterocycles. The Morgan fingerprint density at radius 3 is 1.00 bits per heavy atom. The predicted molar refractivity (Wildman–Crippen MR) is 117 cm³/mol. The molecule has 5 rings (SSSR count). The van der Waals surface area contributed by atoms with Crippen molar-refractivity contribution in [2.75, 3.05) is 0 Å². The molecule has 146 valence electrons. The number of fused-ring (bicyclic) bond motifs is 2. The third-order valence-corrected chi connectivity index (χ3v) is 5.48. The molecular formula is C24H16N2O4. The van der Waals surface area contributed by atoms with Gasteiger partial charge in [0.25, 0.3) is 22.2 Å².